The van der Waals surface area contributed by atoms with Crippen molar-refractivity contribution in [1.82, 2.24) is 19.6 Å². The first-order valence-electron chi connectivity index (χ1n) is 8.47. The van der Waals surface area contributed by atoms with Crippen LogP contribution in [0.3, 0.4) is 0 Å². The van der Waals surface area contributed by atoms with Crippen molar-refractivity contribution >= 4 is 63.1 Å². The molecule has 0 bridgehead atoms. The van der Waals surface area contributed by atoms with Crippen molar-refractivity contribution in [3.8, 4) is 0 Å². The van der Waals surface area contributed by atoms with Crippen molar-refractivity contribution in [3.63, 3.8) is 0 Å². The number of nitrogens with one attached hydrogen (secondary N) is 1. The van der Waals surface area contributed by atoms with Crippen molar-refractivity contribution in [2.24, 2.45) is 0 Å². The summed E-state index contributed by atoms with van der Waals surface area (Å²) < 4.78 is 1.68. The highest BCUT2D eigenvalue weighted by molar-refractivity contribution is 8.00. The fraction of sp³-hybridized carbons (Fsp3) is 0.158. The van der Waals surface area contributed by atoms with Gasteiger partial charge in [-0.3, -0.25) is 4.79 Å². The molecule has 0 saturated carbocycles. The first-order valence-corrected chi connectivity index (χ1v) is 10.1. The molecule has 142 valence electrons. The van der Waals surface area contributed by atoms with E-state index < -0.39 is 5.25 Å². The lowest BCUT2D eigenvalue weighted by atomic mass is 10.2. The lowest BCUT2D eigenvalue weighted by Gasteiger charge is -2.13. The van der Waals surface area contributed by atoms with Gasteiger partial charge in [0, 0.05) is 10.4 Å². The molecule has 0 aliphatic heterocycles. The topological polar surface area (TPSA) is 72.2 Å². The van der Waals surface area contributed by atoms with E-state index in [4.69, 9.17) is 23.2 Å². The van der Waals surface area contributed by atoms with Crippen LogP contribution in [0.25, 0.3) is 16.6 Å². The van der Waals surface area contributed by atoms with Gasteiger partial charge in [0.25, 0.3) is 0 Å². The van der Waals surface area contributed by atoms with Crippen LogP contribution in [0.2, 0.25) is 10.0 Å². The lowest BCUT2D eigenvalue weighted by Crippen LogP contribution is -2.23. The van der Waals surface area contributed by atoms with E-state index in [1.807, 2.05) is 31.2 Å². The second-order valence-electron chi connectivity index (χ2n) is 6.18. The molecule has 2 heterocycles. The molecule has 1 N–H and O–H groups in total. The minimum absolute atomic E-state index is 0.214. The van der Waals surface area contributed by atoms with E-state index in [-0.39, 0.29) is 5.91 Å². The van der Waals surface area contributed by atoms with E-state index in [1.54, 1.807) is 29.6 Å². The number of fused-ring (bicyclic) bond motifs is 3. The van der Waals surface area contributed by atoms with Crippen molar-refractivity contribution in [2.75, 3.05) is 5.32 Å². The molecule has 1 unspecified atom stereocenters. The highest BCUT2D eigenvalue weighted by atomic mass is 35.5. The smallest absolute Gasteiger partial charge is 0.237 e. The summed E-state index contributed by atoms with van der Waals surface area (Å²) in [5.41, 5.74) is 1.99. The van der Waals surface area contributed by atoms with Crippen LogP contribution in [-0.4, -0.2) is 30.7 Å². The van der Waals surface area contributed by atoms with Crippen LogP contribution in [0.15, 0.2) is 47.6 Å². The summed E-state index contributed by atoms with van der Waals surface area (Å²) in [6.45, 7) is 3.62. The first-order chi connectivity index (χ1) is 13.4. The number of aromatic nitrogens is 4. The Balaban J connectivity index is 1.65. The SMILES string of the molecule is Cc1nc2c3ccccc3nc(SC(C)C(=O)Nc3cc(Cl)ccc3Cl)n2n1. The molecule has 2 aromatic carbocycles. The number of carbonyl (C=O) groups excluding carboxylic acids is 1. The van der Waals surface area contributed by atoms with Gasteiger partial charge in [-0.25, -0.2) is 9.97 Å². The number of aryl methyl sites for hydroxylation is 1. The molecule has 0 fully saturated rings. The maximum Gasteiger partial charge on any atom is 0.237 e. The van der Waals surface area contributed by atoms with E-state index >= 15 is 0 Å². The second kappa shape index (κ2) is 7.58. The van der Waals surface area contributed by atoms with Crippen LogP contribution in [0.4, 0.5) is 5.69 Å². The van der Waals surface area contributed by atoms with Crippen molar-refractivity contribution in [1.29, 1.82) is 0 Å². The third kappa shape index (κ3) is 3.65. The molecule has 0 aliphatic rings. The zero-order valence-electron chi connectivity index (χ0n) is 15.0. The van der Waals surface area contributed by atoms with Gasteiger partial charge >= 0.3 is 0 Å². The highest BCUT2D eigenvalue weighted by Crippen LogP contribution is 2.29. The number of anilines is 1. The van der Waals surface area contributed by atoms with Gasteiger partial charge in [-0.1, -0.05) is 47.1 Å². The number of benzene rings is 2. The summed E-state index contributed by atoms with van der Waals surface area (Å²) in [4.78, 5) is 21.9. The van der Waals surface area contributed by atoms with Crippen LogP contribution < -0.4 is 5.32 Å². The van der Waals surface area contributed by atoms with Crippen LogP contribution in [0, 0.1) is 6.92 Å². The number of amides is 1. The number of hydrogen-bond acceptors (Lipinski definition) is 5. The summed E-state index contributed by atoms with van der Waals surface area (Å²) in [6.07, 6.45) is 0. The molecule has 6 nitrogen and oxygen atoms in total. The Labute approximate surface area is 175 Å². The van der Waals surface area contributed by atoms with Gasteiger partial charge in [0.15, 0.2) is 10.8 Å². The molecule has 0 radical (unpaired) electrons. The van der Waals surface area contributed by atoms with Gasteiger partial charge in [-0.15, -0.1) is 5.10 Å². The number of thioether (sulfide) groups is 1. The quantitative estimate of drug-likeness (QED) is 0.363. The fourth-order valence-corrected chi connectivity index (χ4v) is 3.95. The molecule has 2 aromatic heterocycles. The van der Waals surface area contributed by atoms with Crippen molar-refractivity contribution in [2.45, 2.75) is 24.3 Å². The van der Waals surface area contributed by atoms with Gasteiger partial charge < -0.3 is 5.32 Å². The third-order valence-electron chi connectivity index (χ3n) is 4.09. The summed E-state index contributed by atoms with van der Waals surface area (Å²) >= 11 is 13.4. The Kier molecular flexibility index (Phi) is 5.14. The minimum atomic E-state index is -0.448. The maximum atomic E-state index is 12.7. The number of carbonyl (C=O) groups is 1. The second-order valence-corrected chi connectivity index (χ2v) is 8.33. The Hall–Kier alpha value is -2.35. The summed E-state index contributed by atoms with van der Waals surface area (Å²) in [6, 6.07) is 12.7. The van der Waals surface area contributed by atoms with Gasteiger partial charge in [0.2, 0.25) is 5.91 Å². The molecule has 0 saturated heterocycles. The van der Waals surface area contributed by atoms with Crippen molar-refractivity contribution < 1.29 is 4.79 Å². The van der Waals surface area contributed by atoms with E-state index in [0.717, 1.165) is 16.6 Å². The Morgan fingerprint density at radius 3 is 2.79 bits per heavy atom. The van der Waals surface area contributed by atoms with Crippen LogP contribution in [0.5, 0.6) is 0 Å². The Morgan fingerprint density at radius 2 is 1.96 bits per heavy atom. The molecule has 0 aliphatic carbocycles. The normalized spacial score (nSPS) is 12.4. The molecular formula is C19H15Cl2N5OS. The van der Waals surface area contributed by atoms with E-state index in [1.165, 1.54) is 11.8 Å². The largest absolute Gasteiger partial charge is 0.324 e. The molecule has 1 amide bonds. The van der Waals surface area contributed by atoms with Crippen LogP contribution in [0.1, 0.15) is 12.7 Å². The Morgan fingerprint density at radius 1 is 1.18 bits per heavy atom. The predicted molar refractivity (Wildman–Crippen MR) is 113 cm³/mol. The zero-order chi connectivity index (χ0) is 19.8. The third-order valence-corrected chi connectivity index (χ3v) is 5.70. The number of nitrogens with zero attached hydrogens (tertiary/aromatic N) is 4. The van der Waals surface area contributed by atoms with E-state index in [0.29, 0.717) is 26.7 Å². The predicted octanol–water partition coefficient (Wildman–Crippen LogP) is 5.01. The van der Waals surface area contributed by atoms with Gasteiger partial charge in [0.05, 0.1) is 21.5 Å². The molecule has 1 atom stereocenters. The molecule has 28 heavy (non-hydrogen) atoms. The van der Waals surface area contributed by atoms with Gasteiger partial charge in [-0.05, 0) is 44.2 Å². The maximum absolute atomic E-state index is 12.7. The number of para-hydroxylation sites is 1. The monoisotopic (exact) mass is 431 g/mol. The molecular weight excluding hydrogens is 417 g/mol. The molecule has 0 spiro atoms. The first kappa shape index (κ1) is 19.0. The molecule has 4 aromatic rings. The van der Waals surface area contributed by atoms with Gasteiger partial charge in [-0.2, -0.15) is 4.52 Å². The van der Waals surface area contributed by atoms with Crippen LogP contribution in [-0.2, 0) is 4.79 Å². The standard InChI is InChI=1S/C19H15Cl2N5OS/c1-10(18(27)23-16-9-12(20)7-8-14(16)21)28-19-24-15-6-4-3-5-13(15)17-22-11(2)25-26(17)19/h3-10H,1-2H3,(H,23,27). The average Bonchev–Trinajstić information content (AvgIpc) is 3.07. The van der Waals surface area contributed by atoms with E-state index in [2.05, 4.69) is 20.4 Å². The number of rotatable bonds is 4. The number of hydrogen-bond donors (Lipinski definition) is 1. The fourth-order valence-electron chi connectivity index (χ4n) is 2.75. The van der Waals surface area contributed by atoms with Crippen LogP contribution >= 0.6 is 35.0 Å². The molecule has 4 rings (SSSR count). The summed E-state index contributed by atoms with van der Waals surface area (Å²) in [5.74, 6) is 0.428. The van der Waals surface area contributed by atoms with Gasteiger partial charge in [0.1, 0.15) is 5.82 Å². The summed E-state index contributed by atoms with van der Waals surface area (Å²) in [5, 5.41) is 9.23. The zero-order valence-corrected chi connectivity index (χ0v) is 17.3. The highest BCUT2D eigenvalue weighted by Gasteiger charge is 2.20. The summed E-state index contributed by atoms with van der Waals surface area (Å²) in [7, 11) is 0. The van der Waals surface area contributed by atoms with E-state index in [9.17, 15) is 4.79 Å². The average molecular weight is 432 g/mol. The number of halogens is 2. The lowest BCUT2D eigenvalue weighted by molar-refractivity contribution is -0.115. The Bertz CT molecular complexity index is 1210. The van der Waals surface area contributed by atoms with Crippen molar-refractivity contribution in [3.05, 3.63) is 58.3 Å². The minimum Gasteiger partial charge on any atom is -0.324 e. The molecule has 9 heteroatoms.